The Morgan fingerprint density at radius 1 is 1.20 bits per heavy atom. The Bertz CT molecular complexity index is 917. The summed E-state index contributed by atoms with van der Waals surface area (Å²) in [6.45, 7) is 2.67. The van der Waals surface area contributed by atoms with Gasteiger partial charge >= 0.3 is 0 Å². The van der Waals surface area contributed by atoms with Crippen molar-refractivity contribution in [3.05, 3.63) is 70.9 Å². The topological polar surface area (TPSA) is 44.9 Å². The van der Waals surface area contributed by atoms with Crippen LogP contribution < -0.4 is 5.32 Å². The van der Waals surface area contributed by atoms with Crippen LogP contribution in [-0.2, 0) is 4.79 Å². The first-order valence-electron chi connectivity index (χ1n) is 8.73. The quantitative estimate of drug-likeness (QED) is 0.685. The van der Waals surface area contributed by atoms with Crippen LogP contribution in [0.4, 0.5) is 0 Å². The average molecular weight is 353 g/mol. The van der Waals surface area contributed by atoms with Crippen molar-refractivity contribution in [3.63, 3.8) is 0 Å². The van der Waals surface area contributed by atoms with Crippen molar-refractivity contribution in [2.75, 3.05) is 6.54 Å². The number of H-pyrrole nitrogens is 1. The molecule has 1 fully saturated rings. The zero-order chi connectivity index (χ0) is 17.4. The third-order valence-corrected chi connectivity index (χ3v) is 5.55. The molecule has 0 bridgehead atoms. The van der Waals surface area contributed by atoms with Gasteiger partial charge in [-0.3, -0.25) is 4.79 Å². The maximum atomic E-state index is 12.3. The molecule has 1 aromatic heterocycles. The molecule has 1 amide bonds. The van der Waals surface area contributed by atoms with Crippen molar-refractivity contribution >= 4 is 28.4 Å². The van der Waals surface area contributed by atoms with E-state index in [1.54, 1.807) is 0 Å². The highest BCUT2D eigenvalue weighted by Gasteiger charge is 2.39. The maximum absolute atomic E-state index is 12.3. The Balaban J connectivity index is 1.68. The number of hydrogen-bond acceptors (Lipinski definition) is 1. The second-order valence-electron chi connectivity index (χ2n) is 6.93. The van der Waals surface area contributed by atoms with Gasteiger partial charge in [0.15, 0.2) is 0 Å². The van der Waals surface area contributed by atoms with Crippen LogP contribution in [0, 0.1) is 11.8 Å². The molecule has 1 heterocycles. The van der Waals surface area contributed by atoms with Crippen LogP contribution >= 0.6 is 11.6 Å². The number of aromatic amines is 1. The van der Waals surface area contributed by atoms with Crippen LogP contribution in [0.3, 0.4) is 0 Å². The van der Waals surface area contributed by atoms with Crippen LogP contribution in [0.2, 0.25) is 5.02 Å². The Labute approximate surface area is 152 Å². The lowest BCUT2D eigenvalue weighted by atomic mass is 9.90. The fourth-order valence-corrected chi connectivity index (χ4v) is 3.82. The van der Waals surface area contributed by atoms with E-state index in [0.29, 0.717) is 12.5 Å². The van der Waals surface area contributed by atoms with Gasteiger partial charge in [-0.25, -0.2) is 0 Å². The lowest BCUT2D eigenvalue weighted by Crippen LogP contribution is -2.30. The highest BCUT2D eigenvalue weighted by atomic mass is 35.5. The number of carbonyl (C=O) groups excluding carboxylic acids is 1. The molecule has 4 heteroatoms. The van der Waals surface area contributed by atoms with Gasteiger partial charge in [0.05, 0.1) is 0 Å². The van der Waals surface area contributed by atoms with Gasteiger partial charge in [-0.05, 0) is 35.6 Å². The van der Waals surface area contributed by atoms with E-state index in [1.807, 2.05) is 42.6 Å². The summed E-state index contributed by atoms with van der Waals surface area (Å²) in [6.07, 6.45) is 3.03. The van der Waals surface area contributed by atoms with E-state index in [0.717, 1.165) is 28.1 Å². The Morgan fingerprint density at radius 2 is 1.92 bits per heavy atom. The van der Waals surface area contributed by atoms with E-state index in [1.165, 1.54) is 5.39 Å². The lowest BCUT2D eigenvalue weighted by molar-refractivity contribution is -0.122. The Hall–Kier alpha value is -2.26. The van der Waals surface area contributed by atoms with Crippen LogP contribution in [0.5, 0.6) is 0 Å². The maximum Gasteiger partial charge on any atom is 0.223 e. The summed E-state index contributed by atoms with van der Waals surface area (Å²) < 4.78 is 0. The van der Waals surface area contributed by atoms with Gasteiger partial charge in [0.2, 0.25) is 5.91 Å². The van der Waals surface area contributed by atoms with Gasteiger partial charge in [0.1, 0.15) is 0 Å². The lowest BCUT2D eigenvalue weighted by Gasteiger charge is -2.19. The minimum atomic E-state index is 0.0165. The van der Waals surface area contributed by atoms with E-state index in [-0.39, 0.29) is 17.7 Å². The smallest absolute Gasteiger partial charge is 0.223 e. The van der Waals surface area contributed by atoms with E-state index in [4.69, 9.17) is 11.6 Å². The largest absolute Gasteiger partial charge is 0.361 e. The number of fused-ring (bicyclic) bond motifs is 1. The highest BCUT2D eigenvalue weighted by molar-refractivity contribution is 6.31. The van der Waals surface area contributed by atoms with Gasteiger partial charge in [-0.15, -0.1) is 0 Å². The van der Waals surface area contributed by atoms with Crippen molar-refractivity contribution in [1.29, 1.82) is 0 Å². The summed E-state index contributed by atoms with van der Waals surface area (Å²) in [5.41, 5.74) is 3.29. The predicted molar refractivity (Wildman–Crippen MR) is 102 cm³/mol. The van der Waals surface area contributed by atoms with E-state index < -0.39 is 0 Å². The van der Waals surface area contributed by atoms with Crippen molar-refractivity contribution in [1.82, 2.24) is 10.3 Å². The minimum absolute atomic E-state index is 0.0165. The molecule has 4 rings (SSSR count). The fourth-order valence-electron chi connectivity index (χ4n) is 3.55. The number of benzene rings is 2. The van der Waals surface area contributed by atoms with E-state index in [2.05, 4.69) is 29.4 Å². The van der Waals surface area contributed by atoms with Gasteiger partial charge in [0, 0.05) is 40.5 Å². The van der Waals surface area contributed by atoms with Crippen LogP contribution in [0.15, 0.2) is 54.7 Å². The monoisotopic (exact) mass is 352 g/mol. The summed E-state index contributed by atoms with van der Waals surface area (Å²) in [4.78, 5) is 15.6. The Morgan fingerprint density at radius 3 is 2.68 bits per heavy atom. The zero-order valence-electron chi connectivity index (χ0n) is 14.1. The standard InChI is InChI=1S/C21H21ClN2O/c1-13-10-16(13)21(25)24-12-17(14-6-2-4-8-19(14)22)18-11-23-20-9-5-3-7-15(18)20/h2-9,11,13,16-17,23H,10,12H2,1H3,(H,24,25). The first-order chi connectivity index (χ1) is 12.1. The summed E-state index contributed by atoms with van der Waals surface area (Å²) in [7, 11) is 0. The molecule has 3 unspecified atom stereocenters. The molecule has 3 aromatic rings. The first kappa shape index (κ1) is 16.2. The number of halogens is 1. The predicted octanol–water partition coefficient (Wildman–Crippen LogP) is 4.73. The van der Waals surface area contributed by atoms with E-state index in [9.17, 15) is 4.79 Å². The number of para-hydroxylation sites is 1. The van der Waals surface area contributed by atoms with Crippen molar-refractivity contribution in [2.24, 2.45) is 11.8 Å². The van der Waals surface area contributed by atoms with Crippen LogP contribution in [-0.4, -0.2) is 17.4 Å². The number of amides is 1. The molecule has 2 N–H and O–H groups in total. The molecular weight excluding hydrogens is 332 g/mol. The number of hydrogen-bond donors (Lipinski definition) is 2. The average Bonchev–Trinajstić information content (AvgIpc) is 3.21. The normalized spacial score (nSPS) is 20.4. The highest BCUT2D eigenvalue weighted by Crippen LogP contribution is 2.38. The van der Waals surface area contributed by atoms with E-state index >= 15 is 0 Å². The molecule has 3 nitrogen and oxygen atoms in total. The third kappa shape index (κ3) is 3.16. The zero-order valence-corrected chi connectivity index (χ0v) is 14.9. The third-order valence-electron chi connectivity index (χ3n) is 5.20. The molecular formula is C21H21ClN2O. The molecule has 2 aromatic carbocycles. The van der Waals surface area contributed by atoms with Crippen molar-refractivity contribution in [2.45, 2.75) is 19.3 Å². The molecule has 1 saturated carbocycles. The van der Waals surface area contributed by atoms with Crippen molar-refractivity contribution < 1.29 is 4.79 Å². The van der Waals surface area contributed by atoms with Crippen LogP contribution in [0.1, 0.15) is 30.4 Å². The summed E-state index contributed by atoms with van der Waals surface area (Å²) in [5.74, 6) is 0.856. The number of nitrogens with one attached hydrogen (secondary N) is 2. The number of rotatable bonds is 5. The molecule has 0 aliphatic heterocycles. The SMILES string of the molecule is CC1CC1C(=O)NCC(c1ccccc1Cl)c1c[nH]c2ccccc12. The van der Waals surface area contributed by atoms with Gasteiger partial charge in [0.25, 0.3) is 0 Å². The van der Waals surface area contributed by atoms with Crippen molar-refractivity contribution in [3.8, 4) is 0 Å². The summed E-state index contributed by atoms with van der Waals surface area (Å²) >= 11 is 6.48. The second kappa shape index (κ2) is 6.57. The molecule has 1 aliphatic rings. The Kier molecular flexibility index (Phi) is 4.26. The van der Waals surface area contributed by atoms with Gasteiger partial charge in [-0.2, -0.15) is 0 Å². The molecule has 128 valence electrons. The molecule has 0 radical (unpaired) electrons. The molecule has 25 heavy (non-hydrogen) atoms. The molecule has 1 aliphatic carbocycles. The number of aromatic nitrogens is 1. The minimum Gasteiger partial charge on any atom is -0.361 e. The summed E-state index contributed by atoms with van der Waals surface area (Å²) in [6, 6.07) is 16.1. The number of carbonyl (C=O) groups is 1. The first-order valence-corrected chi connectivity index (χ1v) is 9.11. The summed E-state index contributed by atoms with van der Waals surface area (Å²) in [5, 5.41) is 5.04. The molecule has 0 spiro atoms. The van der Waals surface area contributed by atoms with Gasteiger partial charge in [-0.1, -0.05) is 54.9 Å². The molecule has 0 saturated heterocycles. The fraction of sp³-hybridized carbons (Fsp3) is 0.286. The van der Waals surface area contributed by atoms with Crippen LogP contribution in [0.25, 0.3) is 10.9 Å². The van der Waals surface area contributed by atoms with Gasteiger partial charge < -0.3 is 10.3 Å². The second-order valence-corrected chi connectivity index (χ2v) is 7.34. The molecule has 3 atom stereocenters.